The fraction of sp³-hybridized carbons (Fsp3) is 0.500. The molecular weight excluding hydrogens is 210 g/mol. The second-order valence-electron chi connectivity index (χ2n) is 3.73. The van der Waals surface area contributed by atoms with Crippen LogP contribution in [0.3, 0.4) is 0 Å². The Balaban J connectivity index is 2.23. The van der Waals surface area contributed by atoms with Gasteiger partial charge in [-0.15, -0.1) is 0 Å². The smallest absolute Gasteiger partial charge is 0.126 e. The fourth-order valence-electron chi connectivity index (χ4n) is 1.48. The highest BCUT2D eigenvalue weighted by atomic mass is 19.1. The molecule has 0 unspecified atom stereocenters. The molecule has 0 fully saturated rings. The zero-order valence-electron chi connectivity index (χ0n) is 9.31. The van der Waals surface area contributed by atoms with Gasteiger partial charge < -0.3 is 11.1 Å². The first-order valence-corrected chi connectivity index (χ1v) is 5.58. The molecule has 0 amide bonds. The summed E-state index contributed by atoms with van der Waals surface area (Å²) >= 11 is 0. The van der Waals surface area contributed by atoms with Crippen molar-refractivity contribution in [1.82, 2.24) is 5.32 Å². The van der Waals surface area contributed by atoms with E-state index < -0.39 is 0 Å². The normalized spacial score (nSPS) is 10.7. The number of halogens is 2. The molecule has 0 atom stereocenters. The Morgan fingerprint density at radius 2 is 1.94 bits per heavy atom. The van der Waals surface area contributed by atoms with E-state index in [1.807, 2.05) is 0 Å². The summed E-state index contributed by atoms with van der Waals surface area (Å²) in [5.74, 6) is -0.732. The van der Waals surface area contributed by atoms with Crippen LogP contribution >= 0.6 is 0 Å². The molecule has 16 heavy (non-hydrogen) atoms. The van der Waals surface area contributed by atoms with Gasteiger partial charge in [-0.2, -0.15) is 0 Å². The molecular formula is C12H18F2N2. The van der Waals surface area contributed by atoms with Gasteiger partial charge in [0.05, 0.1) is 0 Å². The predicted molar refractivity (Wildman–Crippen MR) is 61.2 cm³/mol. The van der Waals surface area contributed by atoms with Crippen molar-refractivity contribution in [2.75, 3.05) is 19.6 Å². The molecule has 0 aliphatic rings. The van der Waals surface area contributed by atoms with Crippen LogP contribution in [0, 0.1) is 11.6 Å². The van der Waals surface area contributed by atoms with Gasteiger partial charge in [0.2, 0.25) is 0 Å². The Bertz CT molecular complexity index is 316. The Morgan fingerprint density at radius 3 is 2.69 bits per heavy atom. The molecule has 0 bridgehead atoms. The lowest BCUT2D eigenvalue weighted by atomic mass is 10.1. The molecule has 0 aromatic heterocycles. The summed E-state index contributed by atoms with van der Waals surface area (Å²) in [7, 11) is 0. The van der Waals surface area contributed by atoms with Gasteiger partial charge in [0.15, 0.2) is 0 Å². The van der Waals surface area contributed by atoms with Crippen molar-refractivity contribution >= 4 is 0 Å². The second-order valence-corrected chi connectivity index (χ2v) is 3.73. The van der Waals surface area contributed by atoms with E-state index in [2.05, 4.69) is 5.32 Å². The van der Waals surface area contributed by atoms with E-state index in [0.29, 0.717) is 25.1 Å². The van der Waals surface area contributed by atoms with E-state index in [0.717, 1.165) is 25.5 Å². The summed E-state index contributed by atoms with van der Waals surface area (Å²) in [6.07, 6.45) is 2.51. The molecule has 3 N–H and O–H groups in total. The molecule has 0 radical (unpaired) electrons. The number of rotatable bonds is 7. The van der Waals surface area contributed by atoms with Gasteiger partial charge in [-0.1, -0.05) is 0 Å². The summed E-state index contributed by atoms with van der Waals surface area (Å²) in [6, 6.07) is 3.55. The zero-order valence-corrected chi connectivity index (χ0v) is 9.31. The Morgan fingerprint density at radius 1 is 1.12 bits per heavy atom. The fourth-order valence-corrected chi connectivity index (χ4v) is 1.48. The number of nitrogens with two attached hydrogens (primary N) is 1. The van der Waals surface area contributed by atoms with Gasteiger partial charge in [0.25, 0.3) is 0 Å². The van der Waals surface area contributed by atoms with E-state index in [9.17, 15) is 8.78 Å². The molecule has 0 heterocycles. The molecule has 0 aliphatic heterocycles. The first kappa shape index (κ1) is 13.1. The highest BCUT2D eigenvalue weighted by Crippen LogP contribution is 2.09. The SMILES string of the molecule is NCCCCNCCc1cc(F)ccc1F. The van der Waals surface area contributed by atoms with Gasteiger partial charge in [0.1, 0.15) is 11.6 Å². The number of hydrogen-bond donors (Lipinski definition) is 2. The molecule has 2 nitrogen and oxygen atoms in total. The van der Waals surface area contributed by atoms with E-state index in [1.54, 1.807) is 0 Å². The largest absolute Gasteiger partial charge is 0.330 e. The summed E-state index contributed by atoms with van der Waals surface area (Å²) in [6.45, 7) is 2.22. The van der Waals surface area contributed by atoms with Crippen LogP contribution in [-0.2, 0) is 6.42 Å². The third kappa shape index (κ3) is 4.68. The molecule has 0 saturated heterocycles. The van der Waals surface area contributed by atoms with Gasteiger partial charge in [-0.3, -0.25) is 0 Å². The quantitative estimate of drug-likeness (QED) is 0.699. The highest BCUT2D eigenvalue weighted by Gasteiger charge is 2.02. The van der Waals surface area contributed by atoms with Gasteiger partial charge in [0, 0.05) is 0 Å². The Kier molecular flexibility index (Phi) is 5.96. The third-order valence-electron chi connectivity index (χ3n) is 2.39. The first-order chi connectivity index (χ1) is 7.74. The molecule has 4 heteroatoms. The average Bonchev–Trinajstić information content (AvgIpc) is 2.28. The number of nitrogens with one attached hydrogen (secondary N) is 1. The predicted octanol–water partition coefficient (Wildman–Crippen LogP) is 1.84. The van der Waals surface area contributed by atoms with Crippen molar-refractivity contribution in [3.8, 4) is 0 Å². The van der Waals surface area contributed by atoms with Crippen LogP contribution in [-0.4, -0.2) is 19.6 Å². The van der Waals surface area contributed by atoms with Crippen molar-refractivity contribution in [2.24, 2.45) is 5.73 Å². The van der Waals surface area contributed by atoms with Crippen LogP contribution in [0.1, 0.15) is 18.4 Å². The van der Waals surface area contributed by atoms with Crippen LogP contribution in [0.4, 0.5) is 8.78 Å². The molecule has 1 aromatic carbocycles. The lowest BCUT2D eigenvalue weighted by Gasteiger charge is -2.05. The molecule has 1 aromatic rings. The second kappa shape index (κ2) is 7.30. The lowest BCUT2D eigenvalue weighted by Crippen LogP contribution is -2.19. The number of hydrogen-bond acceptors (Lipinski definition) is 2. The first-order valence-electron chi connectivity index (χ1n) is 5.58. The Labute approximate surface area is 94.8 Å². The van der Waals surface area contributed by atoms with E-state index in [1.165, 1.54) is 12.1 Å². The minimum Gasteiger partial charge on any atom is -0.330 e. The van der Waals surface area contributed by atoms with Crippen LogP contribution in [0.2, 0.25) is 0 Å². The summed E-state index contributed by atoms with van der Waals surface area (Å²) in [5.41, 5.74) is 5.77. The minimum atomic E-state index is -0.389. The van der Waals surface area contributed by atoms with Crippen LogP contribution in [0.15, 0.2) is 18.2 Å². The average molecular weight is 228 g/mol. The minimum absolute atomic E-state index is 0.342. The van der Waals surface area contributed by atoms with Gasteiger partial charge in [-0.05, 0) is 62.7 Å². The van der Waals surface area contributed by atoms with E-state index >= 15 is 0 Å². The standard InChI is InChI=1S/C12H18F2N2/c13-11-3-4-12(14)10(9-11)5-8-16-7-2-1-6-15/h3-4,9,16H,1-2,5-8,15H2. The number of unbranched alkanes of at least 4 members (excludes halogenated alkanes) is 1. The molecule has 1 rings (SSSR count). The van der Waals surface area contributed by atoms with E-state index in [-0.39, 0.29) is 11.6 Å². The van der Waals surface area contributed by atoms with Gasteiger partial charge >= 0.3 is 0 Å². The highest BCUT2D eigenvalue weighted by molar-refractivity contribution is 5.18. The maximum Gasteiger partial charge on any atom is 0.126 e. The Hall–Kier alpha value is -1.00. The van der Waals surface area contributed by atoms with Crippen LogP contribution < -0.4 is 11.1 Å². The monoisotopic (exact) mass is 228 g/mol. The number of benzene rings is 1. The molecule has 0 spiro atoms. The summed E-state index contributed by atoms with van der Waals surface area (Å²) < 4.78 is 26.0. The van der Waals surface area contributed by atoms with Gasteiger partial charge in [-0.25, -0.2) is 8.78 Å². The molecule has 0 aliphatic carbocycles. The van der Waals surface area contributed by atoms with Crippen LogP contribution in [0.5, 0.6) is 0 Å². The molecule has 0 saturated carbocycles. The van der Waals surface area contributed by atoms with Crippen molar-refractivity contribution in [3.63, 3.8) is 0 Å². The van der Waals surface area contributed by atoms with Crippen molar-refractivity contribution < 1.29 is 8.78 Å². The molecule has 90 valence electrons. The topological polar surface area (TPSA) is 38.0 Å². The third-order valence-corrected chi connectivity index (χ3v) is 2.39. The van der Waals surface area contributed by atoms with Crippen molar-refractivity contribution in [2.45, 2.75) is 19.3 Å². The summed E-state index contributed by atoms with van der Waals surface area (Å²) in [4.78, 5) is 0. The lowest BCUT2D eigenvalue weighted by molar-refractivity contribution is 0.572. The maximum absolute atomic E-state index is 13.2. The maximum atomic E-state index is 13.2. The summed E-state index contributed by atoms with van der Waals surface area (Å²) in [5, 5.41) is 3.17. The van der Waals surface area contributed by atoms with E-state index in [4.69, 9.17) is 5.73 Å². The van der Waals surface area contributed by atoms with Crippen LogP contribution in [0.25, 0.3) is 0 Å². The zero-order chi connectivity index (χ0) is 11.8. The van der Waals surface area contributed by atoms with Crippen molar-refractivity contribution in [1.29, 1.82) is 0 Å². The van der Waals surface area contributed by atoms with Crippen molar-refractivity contribution in [3.05, 3.63) is 35.4 Å².